The first-order valence-corrected chi connectivity index (χ1v) is 12.3. The number of hydrogen-bond donors (Lipinski definition) is 2. The number of fused-ring (bicyclic) bond motifs is 1. The van der Waals surface area contributed by atoms with E-state index >= 15 is 0 Å². The van der Waals surface area contributed by atoms with E-state index < -0.39 is 29.1 Å². The number of likely N-dealkylation sites (tertiary alicyclic amines) is 1. The third kappa shape index (κ3) is 3.15. The normalized spacial score (nSPS) is 36.9. The van der Waals surface area contributed by atoms with Crippen LogP contribution in [-0.4, -0.2) is 51.9 Å². The molecule has 4 fully saturated rings. The third-order valence-corrected chi connectivity index (χ3v) is 8.22. The summed E-state index contributed by atoms with van der Waals surface area (Å²) < 4.78 is 6.54. The lowest BCUT2D eigenvalue weighted by Gasteiger charge is -2.33. The highest BCUT2D eigenvalue weighted by Gasteiger charge is 2.77. The van der Waals surface area contributed by atoms with Gasteiger partial charge in [0.05, 0.1) is 17.4 Å². The number of nitrogens with one attached hydrogen (secondary N) is 2. The Morgan fingerprint density at radius 3 is 2.48 bits per heavy atom. The summed E-state index contributed by atoms with van der Waals surface area (Å²) in [5, 5.41) is 6.22. The average Bonchev–Trinajstić information content (AvgIpc) is 3.17. The summed E-state index contributed by atoms with van der Waals surface area (Å²) in [4.78, 5) is 42.6. The molecule has 0 radical (unpaired) electrons. The van der Waals surface area contributed by atoms with Gasteiger partial charge in [-0.1, -0.05) is 55.3 Å². The first-order chi connectivity index (χ1) is 15.9. The van der Waals surface area contributed by atoms with Gasteiger partial charge in [-0.25, -0.2) is 0 Å². The van der Waals surface area contributed by atoms with Crippen molar-refractivity contribution in [1.29, 1.82) is 0 Å². The predicted molar refractivity (Wildman–Crippen MR) is 121 cm³/mol. The summed E-state index contributed by atoms with van der Waals surface area (Å²) in [5.74, 6) is -1.79. The summed E-state index contributed by atoms with van der Waals surface area (Å²) in [6.45, 7) is 2.26. The Balaban J connectivity index is 1.30. The van der Waals surface area contributed by atoms with Crippen molar-refractivity contribution in [1.82, 2.24) is 15.5 Å². The Hall–Kier alpha value is -2.67. The van der Waals surface area contributed by atoms with Gasteiger partial charge in [0, 0.05) is 18.6 Å². The summed E-state index contributed by atoms with van der Waals surface area (Å²) >= 11 is 0. The molecule has 174 valence electrons. The van der Waals surface area contributed by atoms with E-state index in [1.807, 2.05) is 49.4 Å². The minimum Gasteiger partial charge on any atom is -0.356 e. The van der Waals surface area contributed by atoms with Crippen LogP contribution >= 0.6 is 0 Å². The summed E-state index contributed by atoms with van der Waals surface area (Å²) in [6.07, 6.45) is 9.78. The maximum absolute atomic E-state index is 13.8. The van der Waals surface area contributed by atoms with Crippen LogP contribution in [0.25, 0.3) is 0 Å². The predicted octanol–water partition coefficient (Wildman–Crippen LogP) is 2.06. The monoisotopic (exact) mass is 449 g/mol. The molecule has 2 N–H and O–H groups in total. The van der Waals surface area contributed by atoms with E-state index in [0.717, 1.165) is 44.1 Å². The number of nitrogens with zero attached hydrogens (tertiary/aromatic N) is 1. The molecular weight excluding hydrogens is 418 g/mol. The van der Waals surface area contributed by atoms with Gasteiger partial charge in [0.1, 0.15) is 11.6 Å². The molecule has 3 aliphatic heterocycles. The second-order valence-electron chi connectivity index (χ2n) is 10.5. The Morgan fingerprint density at radius 2 is 1.79 bits per heavy atom. The van der Waals surface area contributed by atoms with Crippen molar-refractivity contribution in [3.05, 3.63) is 48.0 Å². The van der Waals surface area contributed by atoms with Crippen LogP contribution in [0, 0.1) is 11.8 Å². The molecule has 2 saturated heterocycles. The van der Waals surface area contributed by atoms with Crippen molar-refractivity contribution in [3.8, 4) is 0 Å². The van der Waals surface area contributed by atoms with E-state index in [9.17, 15) is 14.4 Å². The first-order valence-electron chi connectivity index (χ1n) is 12.3. The van der Waals surface area contributed by atoms with Crippen molar-refractivity contribution in [2.45, 2.75) is 81.3 Å². The lowest BCUT2D eigenvalue weighted by Crippen LogP contribution is -2.56. The van der Waals surface area contributed by atoms with E-state index in [2.05, 4.69) is 10.6 Å². The van der Waals surface area contributed by atoms with E-state index in [1.54, 1.807) is 4.90 Å². The van der Waals surface area contributed by atoms with Crippen molar-refractivity contribution >= 4 is 17.7 Å². The standard InChI is InChI=1S/C26H31N3O4/c1-25-13-14-26(33-25)20(19(25)22(30)27-15-16-7-3-2-4-8-16)24(32)29(18-11-12-18)21(26)23(31)28-17-9-5-6-10-17/h2-4,7-8,13-14,17-21H,5-6,9-12,15H2,1H3,(H,27,30)(H,28,31). The zero-order chi connectivity index (χ0) is 22.8. The van der Waals surface area contributed by atoms with E-state index in [4.69, 9.17) is 4.74 Å². The zero-order valence-corrected chi connectivity index (χ0v) is 19.0. The van der Waals surface area contributed by atoms with E-state index in [1.165, 1.54) is 0 Å². The highest BCUT2D eigenvalue weighted by atomic mass is 16.5. The fourth-order valence-electron chi connectivity index (χ4n) is 6.56. The molecule has 2 bridgehead atoms. The van der Waals surface area contributed by atoms with Crippen LogP contribution in [0.4, 0.5) is 0 Å². The quantitative estimate of drug-likeness (QED) is 0.651. The Kier molecular flexibility index (Phi) is 4.70. The molecule has 2 saturated carbocycles. The second-order valence-corrected chi connectivity index (χ2v) is 10.5. The minimum atomic E-state index is -1.08. The molecule has 6 rings (SSSR count). The van der Waals surface area contributed by atoms with Gasteiger partial charge in [-0.3, -0.25) is 14.4 Å². The van der Waals surface area contributed by atoms with Crippen LogP contribution in [0.2, 0.25) is 0 Å². The smallest absolute Gasteiger partial charge is 0.246 e. The van der Waals surface area contributed by atoms with Crippen molar-refractivity contribution in [3.63, 3.8) is 0 Å². The second kappa shape index (κ2) is 7.42. The molecule has 33 heavy (non-hydrogen) atoms. The average molecular weight is 450 g/mol. The summed E-state index contributed by atoms with van der Waals surface area (Å²) in [7, 11) is 0. The highest BCUT2D eigenvalue weighted by Crippen LogP contribution is 2.61. The van der Waals surface area contributed by atoms with Crippen molar-refractivity contribution in [2.24, 2.45) is 11.8 Å². The maximum atomic E-state index is 13.8. The number of carbonyl (C=O) groups excluding carboxylic acids is 3. The van der Waals surface area contributed by atoms with Gasteiger partial charge in [0.25, 0.3) is 0 Å². The topological polar surface area (TPSA) is 87.7 Å². The molecule has 7 nitrogen and oxygen atoms in total. The minimum absolute atomic E-state index is 0.0636. The van der Waals surface area contributed by atoms with Crippen LogP contribution in [0.3, 0.4) is 0 Å². The van der Waals surface area contributed by atoms with Crippen LogP contribution in [0.1, 0.15) is 51.0 Å². The van der Waals surface area contributed by atoms with Crippen molar-refractivity contribution < 1.29 is 19.1 Å². The van der Waals surface area contributed by atoms with Gasteiger partial charge < -0.3 is 20.3 Å². The molecule has 0 aromatic heterocycles. The number of rotatable bonds is 6. The van der Waals surface area contributed by atoms with Crippen LogP contribution in [-0.2, 0) is 25.7 Å². The van der Waals surface area contributed by atoms with Gasteiger partial charge in [-0.05, 0) is 38.2 Å². The fraction of sp³-hybridized carbons (Fsp3) is 0.577. The number of hydrogen-bond acceptors (Lipinski definition) is 4. The van der Waals surface area contributed by atoms with Crippen LogP contribution < -0.4 is 10.6 Å². The fourth-order valence-corrected chi connectivity index (χ4v) is 6.56. The summed E-state index contributed by atoms with van der Waals surface area (Å²) in [6, 6.07) is 9.23. The largest absolute Gasteiger partial charge is 0.356 e. The molecule has 1 spiro atoms. The Morgan fingerprint density at radius 1 is 1.06 bits per heavy atom. The molecule has 3 amide bonds. The van der Waals surface area contributed by atoms with Gasteiger partial charge >= 0.3 is 0 Å². The molecule has 7 heteroatoms. The third-order valence-electron chi connectivity index (χ3n) is 8.22. The maximum Gasteiger partial charge on any atom is 0.246 e. The van der Waals surface area contributed by atoms with Crippen molar-refractivity contribution in [2.75, 3.05) is 0 Å². The number of benzene rings is 1. The Bertz CT molecular complexity index is 1020. The molecule has 3 heterocycles. The van der Waals surface area contributed by atoms with Crippen LogP contribution in [0.15, 0.2) is 42.5 Å². The molecule has 5 aliphatic rings. The highest BCUT2D eigenvalue weighted by molar-refractivity contribution is 6.00. The molecule has 1 aromatic rings. The number of ether oxygens (including phenoxy) is 1. The summed E-state index contributed by atoms with van der Waals surface area (Å²) in [5.41, 5.74) is -0.981. The molecule has 5 atom stereocenters. The van der Waals surface area contributed by atoms with E-state index in [0.29, 0.717) is 6.54 Å². The molecular formula is C26H31N3O4. The van der Waals surface area contributed by atoms with E-state index in [-0.39, 0.29) is 29.8 Å². The van der Waals surface area contributed by atoms with Gasteiger partial charge in [-0.15, -0.1) is 0 Å². The van der Waals surface area contributed by atoms with Gasteiger partial charge in [0.2, 0.25) is 17.7 Å². The molecule has 5 unspecified atom stereocenters. The SMILES string of the molecule is CC12C=CC3(O1)C(C(=O)N(C1CC1)C3C(=O)NC1CCCC1)C2C(=O)NCc1ccccc1. The lowest BCUT2D eigenvalue weighted by atomic mass is 9.70. The number of carbonyl (C=O) groups is 3. The first kappa shape index (κ1) is 20.9. The Labute approximate surface area is 193 Å². The number of amides is 3. The van der Waals surface area contributed by atoms with Gasteiger partial charge in [-0.2, -0.15) is 0 Å². The molecule has 2 aliphatic carbocycles. The lowest BCUT2D eigenvalue weighted by molar-refractivity contribution is -0.145. The van der Waals surface area contributed by atoms with Gasteiger partial charge in [0.15, 0.2) is 0 Å². The molecule has 1 aromatic carbocycles. The zero-order valence-electron chi connectivity index (χ0n) is 19.0. The van der Waals surface area contributed by atoms with Crippen LogP contribution in [0.5, 0.6) is 0 Å².